The Bertz CT molecular complexity index is 762. The average molecular weight is 303 g/mol. The van der Waals surface area contributed by atoms with Crippen LogP contribution in [0.1, 0.15) is 12.5 Å². The molecular formula is C14H13N3O3S. The van der Waals surface area contributed by atoms with Crippen molar-refractivity contribution in [3.63, 3.8) is 0 Å². The molecule has 0 saturated carbocycles. The molecule has 0 atom stereocenters. The van der Waals surface area contributed by atoms with Gasteiger partial charge in [0.2, 0.25) is 0 Å². The van der Waals surface area contributed by atoms with Crippen LogP contribution in [0.15, 0.2) is 57.9 Å². The van der Waals surface area contributed by atoms with Gasteiger partial charge in [-0.1, -0.05) is 19.1 Å². The van der Waals surface area contributed by atoms with Gasteiger partial charge in [-0.3, -0.25) is 0 Å². The van der Waals surface area contributed by atoms with Crippen molar-refractivity contribution in [2.45, 2.75) is 18.2 Å². The van der Waals surface area contributed by atoms with E-state index in [-0.39, 0.29) is 4.90 Å². The Labute approximate surface area is 122 Å². The van der Waals surface area contributed by atoms with Crippen LogP contribution in [0, 0.1) is 0 Å². The lowest BCUT2D eigenvalue weighted by Crippen LogP contribution is -1.95. The van der Waals surface area contributed by atoms with Crippen molar-refractivity contribution in [3.05, 3.63) is 64.5 Å². The molecule has 2 aromatic rings. The van der Waals surface area contributed by atoms with Crippen molar-refractivity contribution in [2.75, 3.05) is 0 Å². The topological polar surface area (TPSA) is 92.1 Å². The van der Waals surface area contributed by atoms with Crippen molar-refractivity contribution < 1.29 is 13.2 Å². The maximum atomic E-state index is 11.5. The zero-order valence-corrected chi connectivity index (χ0v) is 12.1. The van der Waals surface area contributed by atoms with E-state index in [9.17, 15) is 8.42 Å². The lowest BCUT2D eigenvalue weighted by molar-refractivity contribution is 0.482. The number of aryl methyl sites for hydroxylation is 1. The van der Waals surface area contributed by atoms with Crippen LogP contribution in [-0.4, -0.2) is 8.42 Å². The third kappa shape index (κ3) is 3.75. The quantitative estimate of drug-likeness (QED) is 0.474. The first-order chi connectivity index (χ1) is 10.0. The Morgan fingerprint density at radius 2 is 1.57 bits per heavy atom. The molecule has 2 aromatic carbocycles. The highest BCUT2D eigenvalue weighted by molar-refractivity contribution is 7.90. The van der Waals surface area contributed by atoms with Gasteiger partial charge in [-0.25, -0.2) is 8.42 Å². The smallest absolute Gasteiger partial charge is 0.264 e. The molecule has 0 bridgehead atoms. The van der Waals surface area contributed by atoms with E-state index in [0.29, 0.717) is 11.5 Å². The molecule has 6 nitrogen and oxygen atoms in total. The maximum Gasteiger partial charge on any atom is 0.264 e. The molecule has 0 unspecified atom stereocenters. The van der Waals surface area contributed by atoms with Crippen LogP contribution in [0.5, 0.6) is 11.5 Å². The van der Waals surface area contributed by atoms with Crippen LogP contribution in [-0.2, 0) is 16.4 Å². The van der Waals surface area contributed by atoms with Gasteiger partial charge in [-0.2, -0.15) is 0 Å². The number of rotatable bonds is 5. The van der Waals surface area contributed by atoms with Gasteiger partial charge in [0.15, 0.2) is 0 Å². The van der Waals surface area contributed by atoms with E-state index in [2.05, 4.69) is 16.4 Å². The second kappa shape index (κ2) is 6.30. The number of benzene rings is 2. The number of nitrogens with zero attached hydrogens (tertiary/aromatic N) is 3. The molecule has 2 rings (SSSR count). The average Bonchev–Trinajstić information content (AvgIpc) is 2.48. The fourth-order valence-corrected chi connectivity index (χ4v) is 2.37. The van der Waals surface area contributed by atoms with Crippen LogP contribution in [0.4, 0.5) is 0 Å². The summed E-state index contributed by atoms with van der Waals surface area (Å²) in [6.07, 6.45) is 0.951. The second-order valence-corrected chi connectivity index (χ2v) is 5.80. The van der Waals surface area contributed by atoms with Crippen LogP contribution >= 0.6 is 0 Å². The van der Waals surface area contributed by atoms with Crippen molar-refractivity contribution in [1.29, 1.82) is 0 Å². The summed E-state index contributed by atoms with van der Waals surface area (Å²) in [6, 6.07) is 13.3. The number of hydrogen-bond donors (Lipinski definition) is 0. The van der Waals surface area contributed by atoms with Gasteiger partial charge in [-0.15, -0.1) is 0 Å². The van der Waals surface area contributed by atoms with Crippen LogP contribution in [0.2, 0.25) is 0 Å². The molecule has 7 heteroatoms. The fourth-order valence-electron chi connectivity index (χ4n) is 1.70. The third-order valence-electron chi connectivity index (χ3n) is 2.83. The molecule has 21 heavy (non-hydrogen) atoms. The SMILES string of the molecule is CCc1ccc(Oc2ccc(S(=O)(=O)N=[N+]=[N-])cc2)cc1. The van der Waals surface area contributed by atoms with Gasteiger partial charge in [-0.05, 0) is 53.9 Å². The summed E-state index contributed by atoms with van der Waals surface area (Å²) in [5, 5.41) is 0. The second-order valence-electron chi connectivity index (χ2n) is 4.22. The Hall–Kier alpha value is -2.50. The number of sulfonamides is 1. The molecular weight excluding hydrogens is 290 g/mol. The highest BCUT2D eigenvalue weighted by atomic mass is 32.2. The Morgan fingerprint density at radius 1 is 1.05 bits per heavy atom. The minimum atomic E-state index is -3.96. The molecule has 0 aromatic heterocycles. The molecule has 108 valence electrons. The summed E-state index contributed by atoms with van der Waals surface area (Å²) in [7, 11) is -3.96. The lowest BCUT2D eigenvalue weighted by Gasteiger charge is -2.07. The largest absolute Gasteiger partial charge is 0.457 e. The zero-order chi connectivity index (χ0) is 15.3. The molecule has 0 spiro atoms. The van der Waals surface area contributed by atoms with Gasteiger partial charge < -0.3 is 4.74 Å². The maximum absolute atomic E-state index is 11.5. The Balaban J connectivity index is 2.17. The molecule has 0 heterocycles. The lowest BCUT2D eigenvalue weighted by atomic mass is 10.2. The van der Waals surface area contributed by atoms with E-state index in [1.165, 1.54) is 29.8 Å². The molecule has 0 saturated heterocycles. The minimum Gasteiger partial charge on any atom is -0.457 e. The van der Waals surface area contributed by atoms with E-state index in [0.717, 1.165) is 6.42 Å². The van der Waals surface area contributed by atoms with E-state index in [4.69, 9.17) is 10.3 Å². The third-order valence-corrected chi connectivity index (χ3v) is 3.99. The number of ether oxygens (including phenoxy) is 1. The first-order valence-electron chi connectivity index (χ1n) is 6.23. The normalized spacial score (nSPS) is 10.7. The molecule has 0 aliphatic carbocycles. The molecule has 0 radical (unpaired) electrons. The summed E-state index contributed by atoms with van der Waals surface area (Å²) in [4.78, 5) is 2.22. The first kappa shape index (κ1) is 14.9. The van der Waals surface area contributed by atoms with E-state index in [1.807, 2.05) is 24.3 Å². The summed E-state index contributed by atoms with van der Waals surface area (Å²) in [5.74, 6) is 1.16. The van der Waals surface area contributed by atoms with Crippen molar-refractivity contribution in [3.8, 4) is 11.5 Å². The summed E-state index contributed by atoms with van der Waals surface area (Å²) in [6.45, 7) is 2.07. The van der Waals surface area contributed by atoms with Gasteiger partial charge in [0.1, 0.15) is 11.5 Å². The number of hydrogen-bond acceptors (Lipinski definition) is 3. The summed E-state index contributed by atoms with van der Waals surface area (Å²) < 4.78 is 31.4. The van der Waals surface area contributed by atoms with Crippen LogP contribution in [0.25, 0.3) is 10.4 Å². The highest BCUT2D eigenvalue weighted by Crippen LogP contribution is 2.24. The Morgan fingerprint density at radius 3 is 2.05 bits per heavy atom. The van der Waals surface area contributed by atoms with Gasteiger partial charge >= 0.3 is 0 Å². The summed E-state index contributed by atoms with van der Waals surface area (Å²) >= 11 is 0. The molecule has 0 fully saturated rings. The molecule has 0 amide bonds. The van der Waals surface area contributed by atoms with Crippen molar-refractivity contribution >= 4 is 10.0 Å². The van der Waals surface area contributed by atoms with Crippen LogP contribution < -0.4 is 4.74 Å². The minimum absolute atomic E-state index is 0.0750. The standard InChI is InChI=1S/C14H13N3O3S/c1-2-11-3-5-12(6-4-11)20-13-7-9-14(10-8-13)21(18,19)17-16-15/h3-10H,2H2,1H3. The molecule has 0 N–H and O–H groups in total. The van der Waals surface area contributed by atoms with Gasteiger partial charge in [0.05, 0.1) is 4.90 Å². The van der Waals surface area contributed by atoms with Crippen molar-refractivity contribution in [1.82, 2.24) is 0 Å². The molecule has 0 aliphatic heterocycles. The van der Waals surface area contributed by atoms with E-state index >= 15 is 0 Å². The van der Waals surface area contributed by atoms with Gasteiger partial charge in [0, 0.05) is 9.43 Å². The predicted octanol–water partition coefficient (Wildman–Crippen LogP) is 4.04. The van der Waals surface area contributed by atoms with E-state index in [1.54, 1.807) is 0 Å². The zero-order valence-electron chi connectivity index (χ0n) is 11.3. The Kier molecular flexibility index (Phi) is 4.47. The van der Waals surface area contributed by atoms with Crippen LogP contribution in [0.3, 0.4) is 0 Å². The van der Waals surface area contributed by atoms with E-state index < -0.39 is 10.0 Å². The monoisotopic (exact) mass is 303 g/mol. The van der Waals surface area contributed by atoms with Gasteiger partial charge in [0.25, 0.3) is 10.0 Å². The fraction of sp³-hybridized carbons (Fsp3) is 0.143. The highest BCUT2D eigenvalue weighted by Gasteiger charge is 2.11. The van der Waals surface area contributed by atoms with Crippen molar-refractivity contribution in [2.24, 2.45) is 4.52 Å². The molecule has 0 aliphatic rings. The number of azide groups is 1. The predicted molar refractivity (Wildman–Crippen MR) is 78.7 cm³/mol. The first-order valence-corrected chi connectivity index (χ1v) is 7.67. The summed E-state index contributed by atoms with van der Waals surface area (Å²) in [5.41, 5.74) is 9.42.